The Hall–Kier alpha value is -1.38. The smallest absolute Gasteiger partial charge is 0.150 e. The molecule has 1 aromatic carbocycles. The monoisotopic (exact) mass is 278 g/mol. The molecule has 102 valence electrons. The third-order valence-electron chi connectivity index (χ3n) is 3.52. The Kier molecular flexibility index (Phi) is 4.56. The molecule has 1 heterocycles. The molecular weight excluding hydrogens is 260 g/mol. The third-order valence-corrected chi connectivity index (χ3v) is 5.24. The molecule has 1 unspecified atom stereocenters. The number of hydrogen-bond donors (Lipinski definition) is 1. The molecule has 19 heavy (non-hydrogen) atoms. The molecule has 1 aromatic rings. The molecular formula is C14H18N2O2S. The Labute approximate surface area is 114 Å². The molecule has 0 spiro atoms. The number of benzene rings is 1. The standard InChI is InChI=1S/C14H18N2O2S/c15-10-13(12-4-2-1-3-5-12)11-16-14-6-8-19(17,18)9-7-14/h1-5,13-14,16H,6-9,11H2. The quantitative estimate of drug-likeness (QED) is 0.905. The van der Waals surface area contributed by atoms with E-state index in [2.05, 4.69) is 11.4 Å². The van der Waals surface area contributed by atoms with E-state index >= 15 is 0 Å². The maximum Gasteiger partial charge on any atom is 0.150 e. The van der Waals surface area contributed by atoms with Crippen molar-refractivity contribution in [2.75, 3.05) is 18.1 Å². The maximum atomic E-state index is 11.3. The van der Waals surface area contributed by atoms with Crippen molar-refractivity contribution in [1.29, 1.82) is 5.26 Å². The van der Waals surface area contributed by atoms with Gasteiger partial charge in [0.15, 0.2) is 0 Å². The Morgan fingerprint density at radius 1 is 1.26 bits per heavy atom. The number of nitriles is 1. The summed E-state index contributed by atoms with van der Waals surface area (Å²) in [5.74, 6) is 0.334. The topological polar surface area (TPSA) is 70.0 Å². The number of rotatable bonds is 4. The van der Waals surface area contributed by atoms with Crippen LogP contribution < -0.4 is 5.32 Å². The molecule has 4 nitrogen and oxygen atoms in total. The van der Waals surface area contributed by atoms with E-state index in [1.807, 2.05) is 30.3 Å². The number of sulfone groups is 1. The lowest BCUT2D eigenvalue weighted by Gasteiger charge is -2.24. The van der Waals surface area contributed by atoms with E-state index < -0.39 is 9.84 Å². The van der Waals surface area contributed by atoms with Crippen LogP contribution in [0.1, 0.15) is 24.3 Å². The lowest BCUT2D eigenvalue weighted by molar-refractivity contribution is 0.459. The van der Waals surface area contributed by atoms with Crippen LogP contribution in [-0.4, -0.2) is 32.5 Å². The molecule has 0 saturated carbocycles. The van der Waals surface area contributed by atoms with Crippen molar-refractivity contribution in [2.24, 2.45) is 0 Å². The van der Waals surface area contributed by atoms with Gasteiger partial charge in [0.05, 0.1) is 23.5 Å². The van der Waals surface area contributed by atoms with Crippen LogP contribution in [-0.2, 0) is 9.84 Å². The Morgan fingerprint density at radius 3 is 2.47 bits per heavy atom. The van der Waals surface area contributed by atoms with E-state index in [1.165, 1.54) is 0 Å². The molecule has 5 heteroatoms. The fourth-order valence-corrected chi connectivity index (χ4v) is 3.79. The first-order valence-corrected chi connectivity index (χ1v) is 8.31. The van der Waals surface area contributed by atoms with Crippen LogP contribution in [0.15, 0.2) is 30.3 Å². The fourth-order valence-electron chi connectivity index (χ4n) is 2.30. The molecule has 0 aliphatic carbocycles. The fraction of sp³-hybridized carbons (Fsp3) is 0.500. The zero-order chi connectivity index (χ0) is 13.7. The Morgan fingerprint density at radius 2 is 1.89 bits per heavy atom. The van der Waals surface area contributed by atoms with Crippen molar-refractivity contribution in [3.63, 3.8) is 0 Å². The van der Waals surface area contributed by atoms with Crippen LogP contribution >= 0.6 is 0 Å². The van der Waals surface area contributed by atoms with E-state index in [0.29, 0.717) is 19.4 Å². The zero-order valence-corrected chi connectivity index (χ0v) is 11.6. The maximum absolute atomic E-state index is 11.3. The Bertz CT molecular complexity index is 535. The van der Waals surface area contributed by atoms with Crippen LogP contribution in [0.4, 0.5) is 0 Å². The molecule has 0 radical (unpaired) electrons. The first kappa shape index (κ1) is 14.0. The second-order valence-corrected chi connectivity index (χ2v) is 7.23. The van der Waals surface area contributed by atoms with Gasteiger partial charge in [-0.1, -0.05) is 30.3 Å². The van der Waals surface area contributed by atoms with Gasteiger partial charge in [0.1, 0.15) is 9.84 Å². The van der Waals surface area contributed by atoms with Gasteiger partial charge in [-0.05, 0) is 18.4 Å². The summed E-state index contributed by atoms with van der Waals surface area (Å²) in [5.41, 5.74) is 1.00. The molecule has 1 fully saturated rings. The molecule has 0 amide bonds. The highest BCUT2D eigenvalue weighted by Crippen LogP contribution is 2.16. The highest BCUT2D eigenvalue weighted by Gasteiger charge is 2.23. The van der Waals surface area contributed by atoms with Crippen LogP contribution in [0, 0.1) is 11.3 Å². The second-order valence-electron chi connectivity index (χ2n) is 4.93. The van der Waals surface area contributed by atoms with E-state index in [0.717, 1.165) is 5.56 Å². The normalized spacial score (nSPS) is 20.6. The van der Waals surface area contributed by atoms with Gasteiger partial charge in [-0.3, -0.25) is 0 Å². The van der Waals surface area contributed by atoms with E-state index in [-0.39, 0.29) is 23.5 Å². The molecule has 1 N–H and O–H groups in total. The number of hydrogen-bond acceptors (Lipinski definition) is 4. The summed E-state index contributed by atoms with van der Waals surface area (Å²) in [7, 11) is -2.82. The Balaban J connectivity index is 1.87. The number of nitrogens with one attached hydrogen (secondary N) is 1. The summed E-state index contributed by atoms with van der Waals surface area (Å²) in [6, 6.07) is 12.2. The predicted octanol–water partition coefficient (Wildman–Crippen LogP) is 1.46. The summed E-state index contributed by atoms with van der Waals surface area (Å²) < 4.78 is 22.7. The average Bonchev–Trinajstić information content (AvgIpc) is 2.42. The third kappa shape index (κ3) is 4.05. The van der Waals surface area contributed by atoms with Gasteiger partial charge in [0.25, 0.3) is 0 Å². The van der Waals surface area contributed by atoms with Gasteiger partial charge >= 0.3 is 0 Å². The predicted molar refractivity (Wildman–Crippen MR) is 74.5 cm³/mol. The summed E-state index contributed by atoms with van der Waals surface area (Å²) in [6.45, 7) is 0.575. The van der Waals surface area contributed by atoms with Crippen molar-refractivity contribution in [3.8, 4) is 6.07 Å². The zero-order valence-electron chi connectivity index (χ0n) is 10.7. The lowest BCUT2D eigenvalue weighted by atomic mass is 10.00. The molecule has 0 aromatic heterocycles. The second kappa shape index (κ2) is 6.18. The van der Waals surface area contributed by atoms with Crippen molar-refractivity contribution < 1.29 is 8.42 Å². The molecule has 0 bridgehead atoms. The van der Waals surface area contributed by atoms with E-state index in [9.17, 15) is 13.7 Å². The van der Waals surface area contributed by atoms with E-state index in [4.69, 9.17) is 0 Å². The van der Waals surface area contributed by atoms with Gasteiger partial charge < -0.3 is 5.32 Å². The molecule has 1 saturated heterocycles. The van der Waals surface area contributed by atoms with Gasteiger partial charge in [-0.2, -0.15) is 5.26 Å². The van der Waals surface area contributed by atoms with Crippen molar-refractivity contribution in [2.45, 2.75) is 24.8 Å². The largest absolute Gasteiger partial charge is 0.312 e. The first-order chi connectivity index (χ1) is 9.11. The van der Waals surface area contributed by atoms with Crippen LogP contribution in [0.3, 0.4) is 0 Å². The SMILES string of the molecule is N#CC(CNC1CCS(=O)(=O)CC1)c1ccccc1. The average molecular weight is 278 g/mol. The van der Waals surface area contributed by atoms with Crippen LogP contribution in [0.2, 0.25) is 0 Å². The molecule has 1 aliphatic rings. The van der Waals surface area contributed by atoms with Gasteiger partial charge in [0.2, 0.25) is 0 Å². The van der Waals surface area contributed by atoms with Crippen molar-refractivity contribution in [3.05, 3.63) is 35.9 Å². The van der Waals surface area contributed by atoms with Crippen LogP contribution in [0.5, 0.6) is 0 Å². The van der Waals surface area contributed by atoms with Gasteiger partial charge in [-0.15, -0.1) is 0 Å². The summed E-state index contributed by atoms with van der Waals surface area (Å²) in [5, 5.41) is 12.5. The van der Waals surface area contributed by atoms with Crippen molar-refractivity contribution >= 4 is 9.84 Å². The first-order valence-electron chi connectivity index (χ1n) is 6.49. The summed E-state index contributed by atoms with van der Waals surface area (Å²) in [6.07, 6.45) is 1.30. The van der Waals surface area contributed by atoms with Crippen LogP contribution in [0.25, 0.3) is 0 Å². The van der Waals surface area contributed by atoms with Gasteiger partial charge in [0, 0.05) is 12.6 Å². The minimum absolute atomic E-state index is 0.181. The highest BCUT2D eigenvalue weighted by molar-refractivity contribution is 7.91. The molecule has 1 aliphatic heterocycles. The summed E-state index contributed by atoms with van der Waals surface area (Å²) >= 11 is 0. The number of nitrogens with zero attached hydrogens (tertiary/aromatic N) is 1. The molecule has 2 rings (SSSR count). The van der Waals surface area contributed by atoms with Gasteiger partial charge in [-0.25, -0.2) is 8.42 Å². The summed E-state index contributed by atoms with van der Waals surface area (Å²) in [4.78, 5) is 0. The molecule has 1 atom stereocenters. The highest BCUT2D eigenvalue weighted by atomic mass is 32.2. The minimum Gasteiger partial charge on any atom is -0.312 e. The van der Waals surface area contributed by atoms with Crippen molar-refractivity contribution in [1.82, 2.24) is 5.32 Å². The van der Waals surface area contributed by atoms with E-state index in [1.54, 1.807) is 0 Å². The lowest BCUT2D eigenvalue weighted by Crippen LogP contribution is -2.39. The minimum atomic E-state index is -2.82.